The van der Waals surface area contributed by atoms with Crippen molar-refractivity contribution in [3.63, 3.8) is 0 Å². The molecule has 1 aromatic carbocycles. The summed E-state index contributed by atoms with van der Waals surface area (Å²) in [4.78, 5) is 4.97. The second kappa shape index (κ2) is 2.72. The van der Waals surface area contributed by atoms with Gasteiger partial charge in [0.2, 0.25) is 0 Å². The Hall–Kier alpha value is -0.351. The fourth-order valence-corrected chi connectivity index (χ4v) is 2.41. The molecular weight excluding hydrogens is 235 g/mol. The minimum absolute atomic E-state index is 0.791. The third kappa shape index (κ3) is 1.09. The van der Waals surface area contributed by atoms with Crippen molar-refractivity contribution in [3.05, 3.63) is 29.8 Å². The van der Waals surface area contributed by atoms with E-state index in [0.717, 1.165) is 5.75 Å². The predicted octanol–water partition coefficient (Wildman–Crippen LogP) is 0.780. The van der Waals surface area contributed by atoms with Crippen LogP contribution in [-0.2, 0) is 3.22 Å². The molecule has 1 aliphatic rings. The van der Waals surface area contributed by atoms with Crippen LogP contribution < -0.4 is 4.89 Å². The molecule has 0 atom stereocenters. The average Bonchev–Trinajstić information content (AvgIpc) is 2.05. The quantitative estimate of drug-likeness (QED) is 0.492. The molecule has 0 aliphatic carbocycles. The van der Waals surface area contributed by atoms with E-state index in [4.69, 9.17) is 8.11 Å². The Kier molecular flexibility index (Phi) is 1.73. The van der Waals surface area contributed by atoms with Crippen LogP contribution in [0.15, 0.2) is 24.3 Å². The van der Waals surface area contributed by atoms with Crippen LogP contribution in [0.3, 0.4) is 0 Å². The zero-order valence-electron chi connectivity index (χ0n) is 5.20. The van der Waals surface area contributed by atoms with Gasteiger partial charge in [-0.3, -0.25) is 0 Å². The summed E-state index contributed by atoms with van der Waals surface area (Å²) in [6.45, 7) is 0. The van der Waals surface area contributed by atoms with Crippen molar-refractivity contribution < 1.29 is 8.11 Å². The molecule has 0 fully saturated rings. The molecule has 1 radical (unpaired) electrons. The standard InChI is InChI=1S/C7H6O2.Sn/c1-6-4-2-3-5-7(6)9-8;/h1-5,8H;/q;+1/p-1. The monoisotopic (exact) mass is 241 g/mol. The van der Waals surface area contributed by atoms with Gasteiger partial charge < -0.3 is 0 Å². The number of para-hydroxylation sites is 1. The van der Waals surface area contributed by atoms with Gasteiger partial charge in [0.1, 0.15) is 0 Å². The molecule has 10 heavy (non-hydrogen) atoms. The van der Waals surface area contributed by atoms with E-state index in [1.54, 1.807) is 0 Å². The molecule has 0 saturated heterocycles. The van der Waals surface area contributed by atoms with Gasteiger partial charge in [0.25, 0.3) is 0 Å². The molecular formula is C7H5O2Sn. The second-order valence-corrected chi connectivity index (χ2v) is 3.94. The van der Waals surface area contributed by atoms with E-state index >= 15 is 0 Å². The Balaban J connectivity index is 2.54. The first-order chi connectivity index (χ1) is 4.97. The summed E-state index contributed by atoms with van der Waals surface area (Å²) >= 11 is -0.791. The van der Waals surface area contributed by atoms with Gasteiger partial charge in [-0.1, -0.05) is 0 Å². The Morgan fingerprint density at radius 2 is 2.10 bits per heavy atom. The zero-order chi connectivity index (χ0) is 6.81. The second-order valence-electron chi connectivity index (χ2n) is 1.97. The van der Waals surface area contributed by atoms with Gasteiger partial charge in [0.05, 0.1) is 0 Å². The third-order valence-electron chi connectivity index (χ3n) is 1.31. The molecule has 0 N–H and O–H groups in total. The number of rotatable bonds is 0. The van der Waals surface area contributed by atoms with Crippen molar-refractivity contribution in [1.29, 1.82) is 0 Å². The summed E-state index contributed by atoms with van der Waals surface area (Å²) in [5, 5.41) is 0. The van der Waals surface area contributed by atoms with E-state index in [9.17, 15) is 0 Å². The van der Waals surface area contributed by atoms with E-state index in [1.807, 2.05) is 24.3 Å². The number of hydrogen-bond donors (Lipinski definition) is 0. The maximum atomic E-state index is 4.97. The fraction of sp³-hybridized carbons (Fsp3) is 0. The van der Waals surface area contributed by atoms with Crippen LogP contribution in [0.25, 0.3) is 0 Å². The Morgan fingerprint density at radius 1 is 1.20 bits per heavy atom. The van der Waals surface area contributed by atoms with Crippen LogP contribution in [0.4, 0.5) is 0 Å². The number of benzene rings is 1. The van der Waals surface area contributed by atoms with E-state index in [-0.39, 0.29) is 0 Å². The maximum absolute atomic E-state index is 4.97. The molecule has 3 heteroatoms. The van der Waals surface area contributed by atoms with Gasteiger partial charge in [-0.2, -0.15) is 0 Å². The van der Waals surface area contributed by atoms with Gasteiger partial charge in [0, 0.05) is 0 Å². The Labute approximate surface area is 69.0 Å². The first-order valence-electron chi connectivity index (χ1n) is 2.98. The summed E-state index contributed by atoms with van der Waals surface area (Å²) in [7, 11) is 0. The van der Waals surface area contributed by atoms with Crippen molar-refractivity contribution in [2.45, 2.75) is 0 Å². The molecule has 0 bridgehead atoms. The summed E-state index contributed by atoms with van der Waals surface area (Å²) in [6.07, 6.45) is 0. The summed E-state index contributed by atoms with van der Waals surface area (Å²) < 4.78 is 7.07. The topological polar surface area (TPSA) is 18.5 Å². The molecule has 2 nitrogen and oxygen atoms in total. The van der Waals surface area contributed by atoms with Crippen LogP contribution in [0.1, 0.15) is 5.56 Å². The number of fused-ring (bicyclic) bond motifs is 1. The molecule has 49 valence electrons. The van der Waals surface area contributed by atoms with Crippen LogP contribution >= 0.6 is 0 Å². The van der Waals surface area contributed by atoms with Gasteiger partial charge in [-0.15, -0.1) is 0 Å². The van der Waals surface area contributed by atoms with Gasteiger partial charge in [0.15, 0.2) is 0 Å². The molecule has 1 aromatic rings. The van der Waals surface area contributed by atoms with Crippen molar-refractivity contribution in [3.8, 4) is 5.75 Å². The van der Waals surface area contributed by atoms with Gasteiger partial charge in [-0.05, 0) is 0 Å². The summed E-state index contributed by atoms with van der Waals surface area (Å²) in [5.41, 5.74) is 1.18. The van der Waals surface area contributed by atoms with E-state index in [0.29, 0.717) is 0 Å². The van der Waals surface area contributed by atoms with Crippen molar-refractivity contribution >= 4 is 25.1 Å². The summed E-state index contributed by atoms with van der Waals surface area (Å²) in [6, 6.07) is 7.89. The normalized spacial score (nSPS) is 14.0. The average molecular weight is 240 g/mol. The van der Waals surface area contributed by atoms with Crippen LogP contribution in [0.2, 0.25) is 0 Å². The van der Waals surface area contributed by atoms with Crippen LogP contribution in [0, 0.1) is 0 Å². The van der Waals surface area contributed by atoms with Crippen molar-refractivity contribution in [2.75, 3.05) is 0 Å². The number of hydrogen-bond acceptors (Lipinski definition) is 2. The molecule has 0 amide bonds. The van der Waals surface area contributed by atoms with E-state index < -0.39 is 21.1 Å². The minimum atomic E-state index is -0.791. The molecule has 0 unspecified atom stereocenters. The van der Waals surface area contributed by atoms with Crippen molar-refractivity contribution in [2.24, 2.45) is 0 Å². The van der Waals surface area contributed by atoms with Crippen molar-refractivity contribution in [1.82, 2.24) is 0 Å². The van der Waals surface area contributed by atoms with Gasteiger partial charge in [-0.25, -0.2) is 0 Å². The predicted molar refractivity (Wildman–Crippen MR) is 39.1 cm³/mol. The molecule has 0 spiro atoms. The zero-order valence-corrected chi connectivity index (χ0v) is 8.06. The van der Waals surface area contributed by atoms with Crippen LogP contribution in [0.5, 0.6) is 5.75 Å². The third-order valence-corrected chi connectivity index (χ3v) is 3.05. The molecule has 2 rings (SSSR count). The van der Waals surface area contributed by atoms with Crippen LogP contribution in [-0.4, -0.2) is 25.1 Å². The summed E-state index contributed by atoms with van der Waals surface area (Å²) in [5.74, 6) is 0.842. The Morgan fingerprint density at radius 3 is 3.00 bits per heavy atom. The fourth-order valence-electron chi connectivity index (χ4n) is 0.832. The molecule has 1 heterocycles. The molecule has 1 aliphatic heterocycles. The SMILES string of the molecule is [CH]1=[Sn][O]Oc2ccccc21. The first-order valence-corrected chi connectivity index (χ1v) is 5.79. The molecule has 0 aromatic heterocycles. The molecule has 0 saturated carbocycles. The van der Waals surface area contributed by atoms with E-state index in [2.05, 4.69) is 4.02 Å². The Bertz CT molecular complexity index is 270. The van der Waals surface area contributed by atoms with E-state index in [1.165, 1.54) is 5.56 Å². The first kappa shape index (κ1) is 6.36. The van der Waals surface area contributed by atoms with Gasteiger partial charge >= 0.3 is 68.8 Å².